The molecule has 1 heterocycles. The molecule has 130 valence electrons. The average molecular weight is 344 g/mol. The number of nitrogens with zero attached hydrogens (tertiary/aromatic N) is 1. The van der Waals surface area contributed by atoms with Crippen LogP contribution in [0.1, 0.15) is 25.3 Å². The van der Waals surface area contributed by atoms with Crippen LogP contribution >= 0.6 is 0 Å². The molecule has 1 aliphatic rings. The van der Waals surface area contributed by atoms with Crippen molar-refractivity contribution >= 4 is 10.0 Å². The summed E-state index contributed by atoms with van der Waals surface area (Å²) >= 11 is 0. The van der Waals surface area contributed by atoms with Gasteiger partial charge in [0.25, 0.3) is 0 Å². The summed E-state index contributed by atoms with van der Waals surface area (Å²) in [5, 5.41) is 9.16. The molecular formula is C16H25FN2O3S. The maximum absolute atomic E-state index is 12.9. The molecule has 0 aromatic heterocycles. The van der Waals surface area contributed by atoms with Crippen LogP contribution in [0.25, 0.3) is 0 Å². The Kier molecular flexibility index (Phi) is 6.52. The van der Waals surface area contributed by atoms with Gasteiger partial charge in [-0.15, -0.1) is 0 Å². The first-order valence-electron chi connectivity index (χ1n) is 7.96. The number of hydrogen-bond donors (Lipinski definition) is 2. The van der Waals surface area contributed by atoms with Gasteiger partial charge in [0.1, 0.15) is 5.82 Å². The highest BCUT2D eigenvalue weighted by atomic mass is 32.2. The lowest BCUT2D eigenvalue weighted by molar-refractivity contribution is 0.185. The largest absolute Gasteiger partial charge is 0.392 e. The number of hydrogen-bond acceptors (Lipinski definition) is 4. The summed E-state index contributed by atoms with van der Waals surface area (Å²) in [5.41, 5.74) is 1.07. The topological polar surface area (TPSA) is 69.6 Å². The molecule has 2 rings (SSSR count). The van der Waals surface area contributed by atoms with E-state index in [0.29, 0.717) is 0 Å². The van der Waals surface area contributed by atoms with Crippen molar-refractivity contribution in [2.75, 3.05) is 25.4 Å². The Morgan fingerprint density at radius 2 is 1.91 bits per heavy atom. The molecule has 23 heavy (non-hydrogen) atoms. The number of rotatable bonds is 7. The molecule has 0 bridgehead atoms. The molecular weight excluding hydrogens is 319 g/mol. The molecule has 1 aromatic carbocycles. The van der Waals surface area contributed by atoms with Crippen LogP contribution in [0.5, 0.6) is 0 Å². The van der Waals surface area contributed by atoms with E-state index in [1.54, 1.807) is 19.1 Å². The van der Waals surface area contributed by atoms with E-state index >= 15 is 0 Å². The van der Waals surface area contributed by atoms with E-state index < -0.39 is 16.1 Å². The van der Waals surface area contributed by atoms with Crippen LogP contribution in [-0.2, 0) is 16.6 Å². The van der Waals surface area contributed by atoms with Gasteiger partial charge in [-0.2, -0.15) is 0 Å². The Morgan fingerprint density at radius 3 is 2.48 bits per heavy atom. The van der Waals surface area contributed by atoms with Crippen LogP contribution in [0.3, 0.4) is 0 Å². The van der Waals surface area contributed by atoms with Crippen LogP contribution in [0.4, 0.5) is 4.39 Å². The lowest BCUT2D eigenvalue weighted by Crippen LogP contribution is -2.39. The van der Waals surface area contributed by atoms with Crippen LogP contribution < -0.4 is 4.72 Å². The van der Waals surface area contributed by atoms with Crippen molar-refractivity contribution in [3.8, 4) is 0 Å². The highest BCUT2D eigenvalue weighted by molar-refractivity contribution is 7.89. The third-order valence-corrected chi connectivity index (χ3v) is 5.60. The minimum atomic E-state index is -3.33. The van der Waals surface area contributed by atoms with Gasteiger partial charge in [0.05, 0.1) is 11.9 Å². The molecule has 0 amide bonds. The second kappa shape index (κ2) is 8.19. The Bertz CT molecular complexity index is 582. The molecule has 0 aliphatic carbocycles. The van der Waals surface area contributed by atoms with Crippen LogP contribution in [0.15, 0.2) is 24.3 Å². The molecule has 0 saturated carbocycles. The highest BCUT2D eigenvalue weighted by Gasteiger charge is 2.24. The average Bonchev–Trinajstić information content (AvgIpc) is 2.49. The molecule has 0 radical (unpaired) electrons. The molecule has 7 heteroatoms. The smallest absolute Gasteiger partial charge is 0.211 e. The molecule has 0 spiro atoms. The number of piperidine rings is 1. The van der Waals surface area contributed by atoms with Crippen molar-refractivity contribution in [1.29, 1.82) is 0 Å². The quantitative estimate of drug-likeness (QED) is 0.783. The predicted octanol–water partition coefficient (Wildman–Crippen LogP) is 1.34. The van der Waals surface area contributed by atoms with E-state index in [1.165, 1.54) is 12.1 Å². The molecule has 5 nitrogen and oxygen atoms in total. The monoisotopic (exact) mass is 344 g/mol. The van der Waals surface area contributed by atoms with Crippen molar-refractivity contribution in [3.63, 3.8) is 0 Å². The number of sulfonamides is 1. The summed E-state index contributed by atoms with van der Waals surface area (Å²) in [4.78, 5) is 2.26. The van der Waals surface area contributed by atoms with E-state index in [9.17, 15) is 12.8 Å². The Labute approximate surface area is 137 Å². The summed E-state index contributed by atoms with van der Waals surface area (Å²) in [6.45, 7) is 4.06. The third-order valence-electron chi connectivity index (χ3n) is 4.08. The van der Waals surface area contributed by atoms with Crippen molar-refractivity contribution in [3.05, 3.63) is 35.6 Å². The predicted molar refractivity (Wildman–Crippen MR) is 87.9 cm³/mol. The standard InChI is InChI=1S/C16H25FN2O3S/c1-13(20)10-18-23(21,22)12-15-6-8-19(9-7-15)11-14-2-4-16(17)5-3-14/h2-5,13,15,18,20H,6-12H2,1H3/t13-/m0/s1. The second-order valence-corrected chi connectivity index (χ2v) is 8.18. The summed E-state index contributed by atoms with van der Waals surface area (Å²) in [5.74, 6) is 0.0257. The summed E-state index contributed by atoms with van der Waals surface area (Å²) in [6.07, 6.45) is 0.982. The van der Waals surface area contributed by atoms with E-state index in [1.807, 2.05) is 0 Å². The van der Waals surface area contributed by atoms with Crippen molar-refractivity contribution in [2.45, 2.75) is 32.4 Å². The van der Waals surface area contributed by atoms with Gasteiger partial charge in [-0.05, 0) is 56.5 Å². The first-order chi connectivity index (χ1) is 10.8. The van der Waals surface area contributed by atoms with E-state index in [0.717, 1.165) is 38.0 Å². The van der Waals surface area contributed by atoms with Gasteiger partial charge >= 0.3 is 0 Å². The molecule has 1 atom stereocenters. The normalized spacial score (nSPS) is 18.9. The molecule has 1 aromatic rings. The van der Waals surface area contributed by atoms with Gasteiger partial charge < -0.3 is 5.11 Å². The summed E-state index contributed by atoms with van der Waals surface area (Å²) in [7, 11) is -3.33. The number of aliphatic hydroxyl groups excluding tert-OH is 1. The SMILES string of the molecule is C[C@H](O)CNS(=O)(=O)CC1CCN(Cc2ccc(F)cc2)CC1. The van der Waals surface area contributed by atoms with Crippen molar-refractivity contribution in [2.24, 2.45) is 5.92 Å². The van der Waals surface area contributed by atoms with Gasteiger partial charge in [-0.25, -0.2) is 17.5 Å². The minimum Gasteiger partial charge on any atom is -0.392 e. The lowest BCUT2D eigenvalue weighted by atomic mass is 9.98. The number of benzene rings is 1. The lowest BCUT2D eigenvalue weighted by Gasteiger charge is -2.31. The maximum atomic E-state index is 12.9. The minimum absolute atomic E-state index is 0.0613. The van der Waals surface area contributed by atoms with E-state index in [4.69, 9.17) is 5.11 Å². The van der Waals surface area contributed by atoms with Gasteiger partial charge in [-0.3, -0.25) is 4.90 Å². The summed E-state index contributed by atoms with van der Waals surface area (Å²) in [6, 6.07) is 6.49. The zero-order chi connectivity index (χ0) is 16.9. The Balaban J connectivity index is 1.76. The van der Waals surface area contributed by atoms with Crippen molar-refractivity contribution in [1.82, 2.24) is 9.62 Å². The molecule has 1 fully saturated rings. The molecule has 1 aliphatic heterocycles. The zero-order valence-electron chi connectivity index (χ0n) is 13.4. The molecule has 2 N–H and O–H groups in total. The summed E-state index contributed by atoms with van der Waals surface area (Å²) < 4.78 is 39.2. The van der Waals surface area contributed by atoms with E-state index in [-0.39, 0.29) is 24.0 Å². The van der Waals surface area contributed by atoms with Crippen LogP contribution in [0, 0.1) is 11.7 Å². The van der Waals surface area contributed by atoms with Crippen molar-refractivity contribution < 1.29 is 17.9 Å². The fourth-order valence-electron chi connectivity index (χ4n) is 2.78. The zero-order valence-corrected chi connectivity index (χ0v) is 14.2. The number of nitrogens with one attached hydrogen (secondary N) is 1. The van der Waals surface area contributed by atoms with E-state index in [2.05, 4.69) is 9.62 Å². The maximum Gasteiger partial charge on any atom is 0.211 e. The van der Waals surface area contributed by atoms with Gasteiger partial charge in [0.15, 0.2) is 0 Å². The number of likely N-dealkylation sites (tertiary alicyclic amines) is 1. The first-order valence-corrected chi connectivity index (χ1v) is 9.61. The molecule has 0 unspecified atom stereocenters. The van der Waals surface area contributed by atoms with Gasteiger partial charge in [-0.1, -0.05) is 12.1 Å². The fourth-order valence-corrected chi connectivity index (χ4v) is 4.34. The third kappa shape index (κ3) is 6.55. The first kappa shape index (κ1) is 18.3. The van der Waals surface area contributed by atoms with Gasteiger partial charge in [0.2, 0.25) is 10.0 Å². The van der Waals surface area contributed by atoms with Crippen LogP contribution in [0.2, 0.25) is 0 Å². The van der Waals surface area contributed by atoms with Crippen LogP contribution in [-0.4, -0.2) is 49.9 Å². The second-order valence-electron chi connectivity index (χ2n) is 6.32. The number of halogens is 1. The van der Waals surface area contributed by atoms with Gasteiger partial charge in [0, 0.05) is 13.1 Å². The number of aliphatic hydroxyl groups is 1. The Morgan fingerprint density at radius 1 is 1.30 bits per heavy atom. The fraction of sp³-hybridized carbons (Fsp3) is 0.625. The Hall–Kier alpha value is -1.02. The molecule has 1 saturated heterocycles. The highest BCUT2D eigenvalue weighted by Crippen LogP contribution is 2.20.